The van der Waals surface area contributed by atoms with Gasteiger partial charge in [-0.2, -0.15) is 0 Å². The summed E-state index contributed by atoms with van der Waals surface area (Å²) in [7, 11) is 0. The Morgan fingerprint density at radius 1 is 0.652 bits per heavy atom. The fourth-order valence-electron chi connectivity index (χ4n) is 7.25. The molecule has 0 bridgehead atoms. The van der Waals surface area contributed by atoms with Crippen LogP contribution < -0.4 is 0 Å². The summed E-state index contributed by atoms with van der Waals surface area (Å²) in [6.45, 7) is 12.5. The molecule has 2 aromatic heterocycles. The van der Waals surface area contributed by atoms with Crippen molar-refractivity contribution in [2.75, 3.05) is 0 Å². The number of hydrogen-bond donors (Lipinski definition) is 0. The van der Waals surface area contributed by atoms with Crippen molar-refractivity contribution in [1.29, 1.82) is 0 Å². The van der Waals surface area contributed by atoms with E-state index < -0.39 is 18.9 Å². The van der Waals surface area contributed by atoms with Crippen LogP contribution in [0.2, 0.25) is 8.87 Å². The normalized spacial score (nSPS) is 13.7. The summed E-state index contributed by atoms with van der Waals surface area (Å²) in [5.74, 6) is 0.0114. The molecule has 3 aromatic carbocycles. The van der Waals surface area contributed by atoms with E-state index in [0.29, 0.717) is 11.1 Å². The van der Waals surface area contributed by atoms with E-state index in [-0.39, 0.29) is 17.5 Å². The number of nitrogens with zero attached hydrogens (tertiary/aromatic N) is 2. The average Bonchev–Trinajstić information content (AvgIpc) is 3.73. The molecule has 3 heterocycles. The molecule has 5 aromatic rings. The first-order chi connectivity index (χ1) is 22.3. The number of benzene rings is 3. The maximum atomic E-state index is 14.5. The number of carbonyl (C=O) groups excluding carboxylic acids is 2. The molecule has 6 rings (SSSR count). The molecule has 0 saturated heterocycles. The monoisotopic (exact) mass is 716 g/mol. The van der Waals surface area contributed by atoms with E-state index in [0.717, 1.165) is 68.2 Å². The van der Waals surface area contributed by atoms with Crippen molar-refractivity contribution in [2.24, 2.45) is 0 Å². The minimum absolute atomic E-state index is 0.0584. The number of fused-ring (bicyclic) bond motifs is 2. The van der Waals surface area contributed by atoms with Gasteiger partial charge in [-0.3, -0.25) is 0 Å². The van der Waals surface area contributed by atoms with Gasteiger partial charge in [0.2, 0.25) is 0 Å². The number of carbonyl (C=O) groups is 2. The zero-order chi connectivity index (χ0) is 32.4. The quantitative estimate of drug-likeness (QED) is 0.0954. The first-order valence-corrected chi connectivity index (χ1v) is 23.3. The third kappa shape index (κ3) is 5.66. The van der Waals surface area contributed by atoms with Gasteiger partial charge in [-0.15, -0.1) is 0 Å². The van der Waals surface area contributed by atoms with Crippen molar-refractivity contribution in [3.05, 3.63) is 160 Å². The molecular formula is C41H44N2O2Sn. The van der Waals surface area contributed by atoms with Gasteiger partial charge in [0.05, 0.1) is 0 Å². The predicted octanol–water partition coefficient (Wildman–Crippen LogP) is 9.94. The summed E-state index contributed by atoms with van der Waals surface area (Å²) >= 11 is -3.89. The van der Waals surface area contributed by atoms with Crippen LogP contribution in [0.5, 0.6) is 0 Å². The Hall–Kier alpha value is -3.90. The topological polar surface area (TPSA) is 44.0 Å². The van der Waals surface area contributed by atoms with E-state index in [9.17, 15) is 9.59 Å². The van der Waals surface area contributed by atoms with Crippen LogP contribution in [-0.2, 0) is 0 Å². The third-order valence-electron chi connectivity index (χ3n) is 9.71. The zero-order valence-corrected chi connectivity index (χ0v) is 30.4. The van der Waals surface area contributed by atoms with Gasteiger partial charge in [0.1, 0.15) is 0 Å². The van der Waals surface area contributed by atoms with Crippen molar-refractivity contribution in [3.8, 4) is 0 Å². The van der Waals surface area contributed by atoms with E-state index in [4.69, 9.17) is 0 Å². The molecule has 234 valence electrons. The molecule has 5 heteroatoms. The summed E-state index contributed by atoms with van der Waals surface area (Å²) in [5, 5.41) is 0. The van der Waals surface area contributed by atoms with Crippen LogP contribution in [0.3, 0.4) is 0 Å². The molecule has 0 saturated carbocycles. The van der Waals surface area contributed by atoms with Crippen LogP contribution in [0.15, 0.2) is 104 Å². The Labute approximate surface area is 278 Å². The molecule has 0 radical (unpaired) electrons. The van der Waals surface area contributed by atoms with Crippen LogP contribution in [0, 0.1) is 13.8 Å². The molecule has 0 atom stereocenters. The minimum atomic E-state index is -3.89. The fourth-order valence-corrected chi connectivity index (χ4v) is 23.8. The predicted molar refractivity (Wildman–Crippen MR) is 192 cm³/mol. The number of ketones is 2. The summed E-state index contributed by atoms with van der Waals surface area (Å²) < 4.78 is 7.15. The molecule has 0 aliphatic carbocycles. The molecule has 0 N–H and O–H groups in total. The van der Waals surface area contributed by atoms with Gasteiger partial charge in [-0.25, -0.2) is 0 Å². The molecule has 0 unspecified atom stereocenters. The van der Waals surface area contributed by atoms with Crippen molar-refractivity contribution in [3.63, 3.8) is 0 Å². The van der Waals surface area contributed by atoms with Gasteiger partial charge in [-0.1, -0.05) is 0 Å². The van der Waals surface area contributed by atoms with Gasteiger partial charge in [0.25, 0.3) is 0 Å². The first kappa shape index (κ1) is 32.1. The van der Waals surface area contributed by atoms with E-state index >= 15 is 0 Å². The van der Waals surface area contributed by atoms with Crippen LogP contribution in [0.25, 0.3) is 6.08 Å². The number of aryl methyl sites for hydroxylation is 2. The summed E-state index contributed by atoms with van der Waals surface area (Å²) in [6, 6.07) is 33.0. The van der Waals surface area contributed by atoms with E-state index in [1.54, 1.807) is 0 Å². The summed E-state index contributed by atoms with van der Waals surface area (Å²) in [6.07, 6.45) is 6.11. The Kier molecular flexibility index (Phi) is 9.37. The molecule has 46 heavy (non-hydrogen) atoms. The number of hydrogen-bond acceptors (Lipinski definition) is 2. The number of unbranched alkanes of at least 4 members (excludes halogenated alkanes) is 2. The van der Waals surface area contributed by atoms with Gasteiger partial charge in [-0.05, 0) is 0 Å². The molecule has 4 nitrogen and oxygen atoms in total. The molecule has 1 aliphatic rings. The number of aromatic nitrogens is 2. The van der Waals surface area contributed by atoms with Gasteiger partial charge in [0, 0.05) is 0 Å². The Morgan fingerprint density at radius 2 is 1.09 bits per heavy atom. The van der Waals surface area contributed by atoms with Gasteiger partial charge >= 0.3 is 280 Å². The molecule has 0 amide bonds. The van der Waals surface area contributed by atoms with Crippen LogP contribution >= 0.6 is 0 Å². The molecular weight excluding hydrogens is 671 g/mol. The van der Waals surface area contributed by atoms with Crippen LogP contribution in [0.4, 0.5) is 0 Å². The molecule has 0 spiro atoms. The van der Waals surface area contributed by atoms with Crippen molar-refractivity contribution >= 4 is 36.6 Å². The first-order valence-electron chi connectivity index (χ1n) is 16.7. The van der Waals surface area contributed by atoms with Crippen molar-refractivity contribution in [1.82, 2.24) is 5.58 Å². The van der Waals surface area contributed by atoms with E-state index in [1.165, 1.54) is 11.4 Å². The summed E-state index contributed by atoms with van der Waals surface area (Å²) in [4.78, 5) is 29.0. The Balaban J connectivity index is 1.66. The Morgan fingerprint density at radius 3 is 1.48 bits per heavy atom. The van der Waals surface area contributed by atoms with Gasteiger partial charge in [0.15, 0.2) is 0 Å². The Bertz CT molecular complexity index is 1760. The standard InChI is InChI=1S/C33H28N2O2.2C4H9.Sn/c1-4-23-9-15-24(16-10-23)31(27-17-19-29(34-27)32(36)25-11-5-21(2)6-12-25)28-18-20-30(35-28)33(37)26-13-7-22(3)8-14-26;2*1-3-4-2;/h4-20,31H,1H2,2-3H3,(H2,34,35,36,37);2*1,3-4H2,2H3;/q;;;+2/p-2. The SMILES string of the molecule is C=Cc1ccc(C2c3ccc(C(=O)c4ccc(C)cc4)[n]3[Sn]([CH2]CCC)([CH2]CCC)[n]3c(C(=O)c4ccc(C)cc4)ccc32)cc1. The summed E-state index contributed by atoms with van der Waals surface area (Å²) in [5.41, 5.74) is 9.80. The third-order valence-corrected chi connectivity index (χ3v) is 23.9. The van der Waals surface area contributed by atoms with Crippen molar-refractivity contribution < 1.29 is 9.59 Å². The molecule has 0 fully saturated rings. The van der Waals surface area contributed by atoms with Crippen LogP contribution in [0.1, 0.15) is 111 Å². The van der Waals surface area contributed by atoms with Crippen molar-refractivity contribution in [2.45, 2.75) is 68.2 Å². The second-order valence-corrected chi connectivity index (χ2v) is 23.9. The average molecular weight is 716 g/mol. The molecule has 1 aliphatic heterocycles. The second kappa shape index (κ2) is 13.4. The maximum absolute atomic E-state index is 14.5. The van der Waals surface area contributed by atoms with Crippen LogP contribution in [-0.4, -0.2) is 36.1 Å². The fraction of sp³-hybridized carbons (Fsp3) is 0.268. The second-order valence-electron chi connectivity index (χ2n) is 12.8. The van der Waals surface area contributed by atoms with E-state index in [1.807, 2.05) is 68.5 Å². The van der Waals surface area contributed by atoms with Gasteiger partial charge < -0.3 is 0 Å². The zero-order valence-electron chi connectivity index (χ0n) is 27.6. The van der Waals surface area contributed by atoms with E-state index in [2.05, 4.69) is 74.5 Å². The number of rotatable bonds is 12.